The van der Waals surface area contributed by atoms with Crippen LogP contribution in [0.15, 0.2) is 42.6 Å². The van der Waals surface area contributed by atoms with Gasteiger partial charge in [0.2, 0.25) is 11.8 Å². The summed E-state index contributed by atoms with van der Waals surface area (Å²) in [4.78, 5) is 52.1. The van der Waals surface area contributed by atoms with E-state index in [2.05, 4.69) is 10.6 Å². The second-order valence-electron chi connectivity index (χ2n) is 10.9. The highest BCUT2D eigenvalue weighted by molar-refractivity contribution is 6.30. The van der Waals surface area contributed by atoms with Crippen LogP contribution in [0.1, 0.15) is 50.0 Å². The normalized spacial score (nSPS) is 17.0. The first-order valence-corrected chi connectivity index (χ1v) is 13.4. The molecule has 4 rings (SSSR count). The summed E-state index contributed by atoms with van der Waals surface area (Å²) in [5.74, 6) is -2.07. The largest absolute Gasteiger partial charge is 0.444 e. The summed E-state index contributed by atoms with van der Waals surface area (Å²) in [7, 11) is 0. The minimum Gasteiger partial charge on any atom is -0.444 e. The molecular formula is C29H31ClF2N4O5. The number of carbonyl (C=O) groups excluding carboxylic acids is 4. The van der Waals surface area contributed by atoms with Crippen molar-refractivity contribution < 1.29 is 32.7 Å². The van der Waals surface area contributed by atoms with E-state index in [-0.39, 0.29) is 42.4 Å². The Bertz CT molecular complexity index is 1520. The van der Waals surface area contributed by atoms with Crippen LogP contribution in [0, 0.1) is 5.82 Å². The zero-order chi connectivity index (χ0) is 30.1. The van der Waals surface area contributed by atoms with E-state index in [1.807, 2.05) is 0 Å². The topological polar surface area (TPSA) is 110 Å². The van der Waals surface area contributed by atoms with Crippen molar-refractivity contribution in [3.8, 4) is 0 Å². The molecule has 0 bridgehead atoms. The number of hydrogen-bond acceptors (Lipinski definition) is 5. The molecule has 0 radical (unpaired) electrons. The zero-order valence-electron chi connectivity index (χ0n) is 23.1. The Hall–Kier alpha value is -3.99. The molecule has 2 heterocycles. The Morgan fingerprint density at radius 2 is 1.88 bits per heavy atom. The van der Waals surface area contributed by atoms with Gasteiger partial charge in [0.25, 0.3) is 0 Å². The Kier molecular flexibility index (Phi) is 8.67. The van der Waals surface area contributed by atoms with E-state index in [0.717, 1.165) is 4.90 Å². The minimum absolute atomic E-state index is 0.0911. The molecule has 12 heteroatoms. The summed E-state index contributed by atoms with van der Waals surface area (Å²) in [5.41, 5.74) is 0.663. The number of halogens is 3. The van der Waals surface area contributed by atoms with Crippen LogP contribution < -0.4 is 10.6 Å². The summed E-state index contributed by atoms with van der Waals surface area (Å²) in [6, 6.07) is 8.16. The zero-order valence-corrected chi connectivity index (χ0v) is 23.9. The molecule has 2 aromatic carbocycles. The van der Waals surface area contributed by atoms with Gasteiger partial charge in [0.1, 0.15) is 30.2 Å². The quantitative estimate of drug-likeness (QED) is 0.367. The lowest BCUT2D eigenvalue weighted by molar-refractivity contribution is -0.139. The van der Waals surface area contributed by atoms with Gasteiger partial charge >= 0.3 is 6.09 Å². The van der Waals surface area contributed by atoms with Gasteiger partial charge in [-0.15, -0.1) is 0 Å². The molecule has 9 nitrogen and oxygen atoms in total. The predicted octanol–water partition coefficient (Wildman–Crippen LogP) is 5.24. The van der Waals surface area contributed by atoms with Gasteiger partial charge in [-0.25, -0.2) is 13.6 Å². The van der Waals surface area contributed by atoms with Gasteiger partial charge in [-0.3, -0.25) is 19.7 Å². The van der Waals surface area contributed by atoms with Crippen molar-refractivity contribution in [2.45, 2.75) is 65.0 Å². The number of Topliss-reactive ketones (excluding diaryl/α,β-unsaturated/α-hetero) is 1. The van der Waals surface area contributed by atoms with Crippen molar-refractivity contribution >= 4 is 51.9 Å². The van der Waals surface area contributed by atoms with Crippen LogP contribution in [0.2, 0.25) is 5.02 Å². The number of likely N-dealkylation sites (tertiary alicyclic amines) is 1. The van der Waals surface area contributed by atoms with E-state index in [4.69, 9.17) is 16.3 Å². The number of amides is 3. The van der Waals surface area contributed by atoms with E-state index < -0.39 is 41.5 Å². The smallest absolute Gasteiger partial charge is 0.412 e. The highest BCUT2D eigenvalue weighted by Gasteiger charge is 2.39. The van der Waals surface area contributed by atoms with Crippen molar-refractivity contribution in [3.05, 3.63) is 64.6 Å². The van der Waals surface area contributed by atoms with Crippen LogP contribution in [-0.2, 0) is 27.4 Å². The van der Waals surface area contributed by atoms with E-state index in [0.29, 0.717) is 22.2 Å². The number of nitrogens with one attached hydrogen (secondary N) is 2. The fourth-order valence-electron chi connectivity index (χ4n) is 4.73. The summed E-state index contributed by atoms with van der Waals surface area (Å²) in [6.45, 7) is 5.83. The second-order valence-corrected chi connectivity index (χ2v) is 11.3. The molecule has 0 unspecified atom stereocenters. The molecule has 1 saturated heterocycles. The van der Waals surface area contributed by atoms with Gasteiger partial charge in [0.15, 0.2) is 5.78 Å². The molecule has 0 spiro atoms. The Balaban J connectivity index is 1.54. The molecule has 3 aromatic rings. The third-order valence-corrected chi connectivity index (χ3v) is 6.86. The van der Waals surface area contributed by atoms with Crippen molar-refractivity contribution in [3.63, 3.8) is 0 Å². The number of ether oxygens (including phenoxy) is 1. The van der Waals surface area contributed by atoms with Gasteiger partial charge in [-0.05, 0) is 45.9 Å². The van der Waals surface area contributed by atoms with Crippen LogP contribution in [-0.4, -0.2) is 57.5 Å². The van der Waals surface area contributed by atoms with E-state index in [1.54, 1.807) is 45.0 Å². The molecule has 2 atom stereocenters. The van der Waals surface area contributed by atoms with Crippen molar-refractivity contribution in [2.75, 3.05) is 11.9 Å². The highest BCUT2D eigenvalue weighted by atomic mass is 35.5. The maximum Gasteiger partial charge on any atom is 0.412 e. The van der Waals surface area contributed by atoms with Crippen molar-refractivity contribution in [2.24, 2.45) is 0 Å². The van der Waals surface area contributed by atoms with Gasteiger partial charge in [-0.2, -0.15) is 0 Å². The van der Waals surface area contributed by atoms with Crippen LogP contribution >= 0.6 is 11.6 Å². The van der Waals surface area contributed by atoms with Gasteiger partial charge in [-0.1, -0.05) is 29.8 Å². The number of nitrogens with zero attached hydrogens (tertiary/aromatic N) is 2. The van der Waals surface area contributed by atoms with Crippen LogP contribution in [0.3, 0.4) is 0 Å². The van der Waals surface area contributed by atoms with Gasteiger partial charge < -0.3 is 19.5 Å². The molecule has 1 aliphatic heterocycles. The lowest BCUT2D eigenvalue weighted by Gasteiger charge is -2.24. The molecule has 2 N–H and O–H groups in total. The first-order valence-electron chi connectivity index (χ1n) is 13.0. The fraction of sp³-hybridized carbons (Fsp3) is 0.379. The average molecular weight is 589 g/mol. The maximum absolute atomic E-state index is 14.5. The Morgan fingerprint density at radius 1 is 1.15 bits per heavy atom. The van der Waals surface area contributed by atoms with E-state index >= 15 is 0 Å². The second kappa shape index (κ2) is 11.9. The third kappa shape index (κ3) is 7.02. The first-order chi connectivity index (χ1) is 19.2. The molecule has 1 aliphatic rings. The fourth-order valence-corrected chi connectivity index (χ4v) is 4.93. The number of rotatable bonds is 7. The lowest BCUT2D eigenvalue weighted by atomic mass is 10.1. The number of anilines is 1. The Morgan fingerprint density at radius 3 is 2.56 bits per heavy atom. The Labute approximate surface area is 240 Å². The summed E-state index contributed by atoms with van der Waals surface area (Å²) >= 11 is 5.80. The molecule has 3 amide bonds. The average Bonchev–Trinajstić information content (AvgIpc) is 3.44. The summed E-state index contributed by atoms with van der Waals surface area (Å²) in [5, 5.41) is 5.67. The van der Waals surface area contributed by atoms with Gasteiger partial charge in [0, 0.05) is 41.4 Å². The molecule has 41 heavy (non-hydrogen) atoms. The minimum atomic E-state index is -1.42. The number of benzene rings is 2. The predicted molar refractivity (Wildman–Crippen MR) is 150 cm³/mol. The molecular weight excluding hydrogens is 558 g/mol. The number of alkyl halides is 1. The van der Waals surface area contributed by atoms with Crippen molar-refractivity contribution in [1.29, 1.82) is 0 Å². The highest BCUT2D eigenvalue weighted by Crippen LogP contribution is 2.28. The summed E-state index contributed by atoms with van der Waals surface area (Å²) in [6.07, 6.45) is -0.779. The molecule has 218 valence electrons. The lowest BCUT2D eigenvalue weighted by Crippen LogP contribution is -2.46. The summed E-state index contributed by atoms with van der Waals surface area (Å²) < 4.78 is 35.5. The molecule has 1 aromatic heterocycles. The van der Waals surface area contributed by atoms with E-state index in [9.17, 15) is 28.0 Å². The monoisotopic (exact) mass is 588 g/mol. The van der Waals surface area contributed by atoms with Crippen LogP contribution in [0.25, 0.3) is 10.9 Å². The number of fused-ring (bicyclic) bond motifs is 1. The third-order valence-electron chi connectivity index (χ3n) is 6.57. The molecule has 0 aliphatic carbocycles. The van der Waals surface area contributed by atoms with Gasteiger partial charge in [0.05, 0.1) is 17.1 Å². The number of aromatic nitrogens is 1. The van der Waals surface area contributed by atoms with Crippen molar-refractivity contribution in [1.82, 2.24) is 14.8 Å². The number of hydrogen-bond donors (Lipinski definition) is 2. The SMILES string of the molecule is CC(=O)c1cn(CC(=O)N2C[C@H](F)C[C@H]2C(=O)NCc2cccc(Cl)c2F)c2cc(NC(=O)OC(C)(C)C)ccc12. The van der Waals surface area contributed by atoms with E-state index in [1.165, 1.54) is 29.8 Å². The molecule has 1 fully saturated rings. The maximum atomic E-state index is 14.5. The van der Waals surface area contributed by atoms with Crippen LogP contribution in [0.4, 0.5) is 19.3 Å². The van der Waals surface area contributed by atoms with Crippen LogP contribution in [0.5, 0.6) is 0 Å². The number of ketones is 1. The molecule has 0 saturated carbocycles. The first kappa shape index (κ1) is 30.0. The number of carbonyl (C=O) groups is 4. The standard InChI is InChI=1S/C29H31ClF2N4O5/c1-16(37)21-14-35(23-11-19(8-9-20(21)23)34-28(40)41-29(2,3)4)15-25(38)36-13-18(31)10-24(36)27(39)33-12-17-6-5-7-22(30)26(17)32/h5-9,11,14,18,24H,10,12-13,15H2,1-4H3,(H,33,39)(H,34,40)/t18-,24+/m1/s1.